The van der Waals surface area contributed by atoms with E-state index in [4.69, 9.17) is 0 Å². The molecule has 0 atom stereocenters. The maximum Gasteiger partial charge on any atom is 0.244 e. The third kappa shape index (κ3) is 2.78. The van der Waals surface area contributed by atoms with Crippen LogP contribution in [0.4, 0.5) is 8.78 Å². The Morgan fingerprint density at radius 3 is 2.62 bits per heavy atom. The minimum absolute atomic E-state index is 0.284. The standard InChI is InChI=1S/C10H10F2N2.C2H6/c1-6-5-13-10-8(6)3-2-7(14-10)4-9(11)12;1-2/h2-3,5,9H,4H2,1H3,(H,13,14);1-2H3. The molecular weight excluding hydrogens is 210 g/mol. The topological polar surface area (TPSA) is 28.7 Å². The second-order valence-electron chi connectivity index (χ2n) is 3.27. The van der Waals surface area contributed by atoms with E-state index in [1.807, 2.05) is 33.0 Å². The molecule has 0 fully saturated rings. The summed E-state index contributed by atoms with van der Waals surface area (Å²) in [6.07, 6.45) is -0.798. The van der Waals surface area contributed by atoms with Gasteiger partial charge in [-0.05, 0) is 24.6 Å². The summed E-state index contributed by atoms with van der Waals surface area (Å²) in [6, 6.07) is 3.47. The summed E-state index contributed by atoms with van der Waals surface area (Å²) in [5.41, 5.74) is 2.19. The van der Waals surface area contributed by atoms with Crippen LogP contribution in [-0.2, 0) is 6.42 Å². The van der Waals surface area contributed by atoms with Crippen molar-refractivity contribution in [3.63, 3.8) is 0 Å². The molecule has 2 nitrogen and oxygen atoms in total. The minimum Gasteiger partial charge on any atom is -0.346 e. The average Bonchev–Trinajstić information content (AvgIpc) is 2.62. The Bertz CT molecular complexity index is 449. The molecule has 2 aromatic heterocycles. The maximum atomic E-state index is 12.1. The second kappa shape index (κ2) is 5.58. The first-order chi connectivity index (χ1) is 7.66. The van der Waals surface area contributed by atoms with Gasteiger partial charge in [0.05, 0.1) is 6.42 Å². The van der Waals surface area contributed by atoms with E-state index < -0.39 is 6.43 Å². The Labute approximate surface area is 93.7 Å². The molecule has 88 valence electrons. The lowest BCUT2D eigenvalue weighted by atomic mass is 10.2. The molecule has 0 radical (unpaired) electrons. The van der Waals surface area contributed by atoms with Gasteiger partial charge < -0.3 is 4.98 Å². The highest BCUT2D eigenvalue weighted by Crippen LogP contribution is 2.16. The Morgan fingerprint density at radius 1 is 1.31 bits per heavy atom. The summed E-state index contributed by atoms with van der Waals surface area (Å²) in [4.78, 5) is 7.05. The van der Waals surface area contributed by atoms with Crippen LogP contribution in [0, 0.1) is 6.92 Å². The Hall–Kier alpha value is -1.45. The number of rotatable bonds is 2. The molecule has 2 rings (SSSR count). The molecule has 0 aromatic carbocycles. The zero-order valence-electron chi connectivity index (χ0n) is 9.72. The Balaban J connectivity index is 0.000000606. The number of fused-ring (bicyclic) bond motifs is 1. The van der Waals surface area contributed by atoms with E-state index in [1.54, 1.807) is 6.07 Å². The summed E-state index contributed by atoms with van der Waals surface area (Å²) in [5, 5.41) is 0.989. The number of alkyl halides is 2. The lowest BCUT2D eigenvalue weighted by Crippen LogP contribution is -1.99. The Kier molecular flexibility index (Phi) is 4.40. The van der Waals surface area contributed by atoms with Crippen molar-refractivity contribution >= 4 is 11.0 Å². The predicted octanol–water partition coefficient (Wildman–Crippen LogP) is 3.71. The van der Waals surface area contributed by atoms with Gasteiger partial charge in [0, 0.05) is 17.3 Å². The van der Waals surface area contributed by atoms with E-state index in [0.717, 1.165) is 10.9 Å². The molecule has 0 spiro atoms. The largest absolute Gasteiger partial charge is 0.346 e. The van der Waals surface area contributed by atoms with Crippen molar-refractivity contribution in [1.29, 1.82) is 0 Å². The molecular formula is C12H16F2N2. The third-order valence-corrected chi connectivity index (χ3v) is 2.17. The Morgan fingerprint density at radius 2 is 2.00 bits per heavy atom. The van der Waals surface area contributed by atoms with E-state index in [0.29, 0.717) is 11.3 Å². The van der Waals surface area contributed by atoms with E-state index in [1.165, 1.54) is 0 Å². The fraction of sp³-hybridized carbons (Fsp3) is 0.417. The average molecular weight is 226 g/mol. The number of nitrogens with zero attached hydrogens (tertiary/aromatic N) is 1. The van der Waals surface area contributed by atoms with Gasteiger partial charge in [-0.25, -0.2) is 13.8 Å². The molecule has 4 heteroatoms. The highest BCUT2D eigenvalue weighted by molar-refractivity contribution is 5.79. The minimum atomic E-state index is -2.34. The van der Waals surface area contributed by atoms with Gasteiger partial charge in [0.1, 0.15) is 5.65 Å². The lowest BCUT2D eigenvalue weighted by Gasteiger charge is -1.99. The number of hydrogen-bond acceptors (Lipinski definition) is 1. The summed E-state index contributed by atoms with van der Waals surface area (Å²) in [6.45, 7) is 5.95. The molecule has 2 heterocycles. The monoisotopic (exact) mass is 226 g/mol. The molecule has 0 aliphatic carbocycles. The predicted molar refractivity (Wildman–Crippen MR) is 61.9 cm³/mol. The van der Waals surface area contributed by atoms with Crippen LogP contribution in [0.3, 0.4) is 0 Å². The van der Waals surface area contributed by atoms with Crippen LogP contribution in [0.2, 0.25) is 0 Å². The number of nitrogens with one attached hydrogen (secondary N) is 1. The van der Waals surface area contributed by atoms with Crippen molar-refractivity contribution in [2.75, 3.05) is 0 Å². The summed E-state index contributed by atoms with van der Waals surface area (Å²) >= 11 is 0. The number of aryl methyl sites for hydroxylation is 1. The number of H-pyrrole nitrogens is 1. The van der Waals surface area contributed by atoms with Crippen LogP contribution >= 0.6 is 0 Å². The van der Waals surface area contributed by atoms with E-state index in [9.17, 15) is 8.78 Å². The van der Waals surface area contributed by atoms with Crippen LogP contribution in [-0.4, -0.2) is 16.4 Å². The van der Waals surface area contributed by atoms with Gasteiger partial charge >= 0.3 is 0 Å². The van der Waals surface area contributed by atoms with Gasteiger partial charge in [0.25, 0.3) is 0 Å². The van der Waals surface area contributed by atoms with Crippen molar-refractivity contribution in [3.8, 4) is 0 Å². The molecule has 0 amide bonds. The number of hydrogen-bond donors (Lipinski definition) is 1. The van der Waals surface area contributed by atoms with E-state index >= 15 is 0 Å². The van der Waals surface area contributed by atoms with Crippen LogP contribution in [0.25, 0.3) is 11.0 Å². The van der Waals surface area contributed by atoms with Crippen LogP contribution in [0.5, 0.6) is 0 Å². The number of halogens is 2. The molecule has 0 saturated heterocycles. The van der Waals surface area contributed by atoms with Gasteiger partial charge in [0.15, 0.2) is 0 Å². The fourth-order valence-corrected chi connectivity index (χ4v) is 1.45. The molecule has 16 heavy (non-hydrogen) atoms. The normalized spacial score (nSPS) is 10.4. The number of pyridine rings is 1. The molecule has 0 aliphatic rings. The first-order valence-electron chi connectivity index (χ1n) is 5.38. The van der Waals surface area contributed by atoms with Crippen LogP contribution in [0.15, 0.2) is 18.3 Å². The maximum absolute atomic E-state index is 12.1. The highest BCUT2D eigenvalue weighted by Gasteiger charge is 2.07. The smallest absolute Gasteiger partial charge is 0.244 e. The van der Waals surface area contributed by atoms with Crippen molar-refractivity contribution in [2.45, 2.75) is 33.6 Å². The van der Waals surface area contributed by atoms with Crippen molar-refractivity contribution in [1.82, 2.24) is 9.97 Å². The summed E-state index contributed by atoms with van der Waals surface area (Å²) in [5.74, 6) is 0. The van der Waals surface area contributed by atoms with Gasteiger partial charge in [-0.15, -0.1) is 0 Å². The SMILES string of the molecule is CC.Cc1c[nH]c2nc(CC(F)F)ccc12. The summed E-state index contributed by atoms with van der Waals surface area (Å²) in [7, 11) is 0. The highest BCUT2D eigenvalue weighted by atomic mass is 19.3. The first kappa shape index (κ1) is 12.6. The quantitative estimate of drug-likeness (QED) is 0.830. The zero-order chi connectivity index (χ0) is 12.1. The fourth-order valence-electron chi connectivity index (χ4n) is 1.45. The summed E-state index contributed by atoms with van der Waals surface area (Å²) < 4.78 is 24.2. The molecule has 0 bridgehead atoms. The number of aromatic amines is 1. The molecule has 0 unspecified atom stereocenters. The zero-order valence-corrected chi connectivity index (χ0v) is 9.72. The van der Waals surface area contributed by atoms with Crippen molar-refractivity contribution in [3.05, 3.63) is 29.6 Å². The van der Waals surface area contributed by atoms with Crippen LogP contribution < -0.4 is 0 Å². The van der Waals surface area contributed by atoms with Gasteiger partial charge in [-0.1, -0.05) is 13.8 Å². The van der Waals surface area contributed by atoms with Crippen molar-refractivity contribution < 1.29 is 8.78 Å². The first-order valence-corrected chi connectivity index (χ1v) is 5.38. The van der Waals surface area contributed by atoms with Gasteiger partial charge in [0.2, 0.25) is 6.43 Å². The molecule has 0 aliphatic heterocycles. The lowest BCUT2D eigenvalue weighted by molar-refractivity contribution is 0.148. The van der Waals surface area contributed by atoms with E-state index in [-0.39, 0.29) is 6.42 Å². The third-order valence-electron chi connectivity index (χ3n) is 2.17. The number of aromatic nitrogens is 2. The molecule has 0 saturated carbocycles. The van der Waals surface area contributed by atoms with E-state index in [2.05, 4.69) is 9.97 Å². The van der Waals surface area contributed by atoms with Gasteiger partial charge in [-0.2, -0.15) is 0 Å². The second-order valence-corrected chi connectivity index (χ2v) is 3.27. The molecule has 1 N–H and O–H groups in total. The van der Waals surface area contributed by atoms with Crippen molar-refractivity contribution in [2.24, 2.45) is 0 Å². The van der Waals surface area contributed by atoms with Crippen LogP contribution in [0.1, 0.15) is 25.1 Å². The van der Waals surface area contributed by atoms with Gasteiger partial charge in [-0.3, -0.25) is 0 Å². The molecule has 2 aromatic rings.